The van der Waals surface area contributed by atoms with Crippen molar-refractivity contribution < 1.29 is 47.7 Å². The lowest BCUT2D eigenvalue weighted by molar-refractivity contribution is -0.164. The first-order valence-electron chi connectivity index (χ1n) is 24.1. The van der Waals surface area contributed by atoms with Crippen LogP contribution < -0.4 is 0 Å². The summed E-state index contributed by atoms with van der Waals surface area (Å²) in [4.78, 5) is 62.7. The van der Waals surface area contributed by atoms with Crippen LogP contribution in [-0.4, -0.2) is 61.9 Å². The van der Waals surface area contributed by atoms with E-state index in [0.717, 1.165) is 109 Å². The second kappa shape index (κ2) is 39.8. The van der Waals surface area contributed by atoms with Gasteiger partial charge in [-0.3, -0.25) is 24.0 Å². The van der Waals surface area contributed by atoms with Crippen molar-refractivity contribution in [3.63, 3.8) is 0 Å². The van der Waals surface area contributed by atoms with E-state index in [1.807, 2.05) is 13.8 Å². The number of unbranched alkanes of at least 4 members (excludes halogenated alkanes) is 19. The lowest BCUT2D eigenvalue weighted by atomic mass is 9.91. The van der Waals surface area contributed by atoms with Crippen molar-refractivity contribution in [3.8, 4) is 0 Å². The zero-order valence-electron chi connectivity index (χ0n) is 38.2. The SMILES string of the molecule is CCCCCCCCC(OC(=O)CC)C(CCCCCCCCOC(=O)CCCCCCCC(OC(=O)CC)C(CCCCCCCC)C(=O)OCC)C(=O)OCC. The number of carbonyl (C=O) groups is 5. The zero-order valence-corrected chi connectivity index (χ0v) is 38.2. The maximum absolute atomic E-state index is 12.9. The maximum Gasteiger partial charge on any atom is 0.312 e. The van der Waals surface area contributed by atoms with Crippen molar-refractivity contribution in [3.05, 3.63) is 0 Å². The van der Waals surface area contributed by atoms with Gasteiger partial charge in [-0.1, -0.05) is 150 Å². The highest BCUT2D eigenvalue weighted by Gasteiger charge is 2.33. The molecular weight excluding hydrogens is 737 g/mol. The van der Waals surface area contributed by atoms with Crippen LogP contribution in [0.25, 0.3) is 0 Å². The van der Waals surface area contributed by atoms with Gasteiger partial charge in [-0.25, -0.2) is 0 Å². The quantitative estimate of drug-likeness (QED) is 0.0333. The van der Waals surface area contributed by atoms with E-state index in [0.29, 0.717) is 58.3 Å². The second-order valence-corrected chi connectivity index (χ2v) is 16.0. The first kappa shape index (κ1) is 55.4. The molecule has 0 fully saturated rings. The summed E-state index contributed by atoms with van der Waals surface area (Å²) in [5, 5.41) is 0. The fraction of sp³-hybridized carbons (Fsp3) is 0.896. The molecule has 10 heteroatoms. The number of ether oxygens (including phenoxy) is 5. The molecule has 0 heterocycles. The Labute approximate surface area is 354 Å². The molecule has 0 aromatic carbocycles. The predicted octanol–water partition coefficient (Wildman–Crippen LogP) is 12.5. The van der Waals surface area contributed by atoms with Crippen LogP contribution in [0, 0.1) is 11.8 Å². The first-order chi connectivity index (χ1) is 28.2. The van der Waals surface area contributed by atoms with Crippen molar-refractivity contribution in [2.75, 3.05) is 19.8 Å². The van der Waals surface area contributed by atoms with Gasteiger partial charge in [0.05, 0.1) is 31.7 Å². The number of carbonyl (C=O) groups excluding carboxylic acids is 5. The number of hydrogen-bond donors (Lipinski definition) is 0. The van der Waals surface area contributed by atoms with Gasteiger partial charge in [0.15, 0.2) is 0 Å². The average Bonchev–Trinajstić information content (AvgIpc) is 3.21. The van der Waals surface area contributed by atoms with Crippen LogP contribution in [0.5, 0.6) is 0 Å². The van der Waals surface area contributed by atoms with Gasteiger partial charge in [-0.05, 0) is 65.2 Å². The third-order valence-electron chi connectivity index (χ3n) is 11.0. The van der Waals surface area contributed by atoms with E-state index in [1.165, 1.54) is 38.5 Å². The highest BCUT2D eigenvalue weighted by molar-refractivity contribution is 5.75. The number of hydrogen-bond acceptors (Lipinski definition) is 10. The van der Waals surface area contributed by atoms with Crippen molar-refractivity contribution in [1.82, 2.24) is 0 Å². The molecule has 0 aromatic heterocycles. The summed E-state index contributed by atoms with van der Waals surface area (Å²) in [6.45, 7) is 12.6. The van der Waals surface area contributed by atoms with Crippen molar-refractivity contribution >= 4 is 29.8 Å². The number of rotatable bonds is 41. The zero-order chi connectivity index (χ0) is 43.1. The van der Waals surface area contributed by atoms with E-state index in [4.69, 9.17) is 23.7 Å². The van der Waals surface area contributed by atoms with Crippen LogP contribution in [0.1, 0.15) is 234 Å². The highest BCUT2D eigenvalue weighted by atomic mass is 16.6. The minimum atomic E-state index is -0.461. The molecule has 0 amide bonds. The van der Waals surface area contributed by atoms with E-state index in [1.54, 1.807) is 13.8 Å². The molecule has 0 aliphatic heterocycles. The predicted molar refractivity (Wildman–Crippen MR) is 232 cm³/mol. The molecule has 58 heavy (non-hydrogen) atoms. The van der Waals surface area contributed by atoms with Gasteiger partial charge in [-0.2, -0.15) is 0 Å². The molecule has 0 aliphatic rings. The lowest BCUT2D eigenvalue weighted by Gasteiger charge is -2.26. The topological polar surface area (TPSA) is 132 Å². The molecule has 0 rings (SSSR count). The smallest absolute Gasteiger partial charge is 0.312 e. The summed E-state index contributed by atoms with van der Waals surface area (Å²) >= 11 is 0. The molecule has 340 valence electrons. The van der Waals surface area contributed by atoms with Crippen molar-refractivity contribution in [1.29, 1.82) is 0 Å². The lowest BCUT2D eigenvalue weighted by Crippen LogP contribution is -2.34. The van der Waals surface area contributed by atoms with Gasteiger partial charge in [0.1, 0.15) is 12.2 Å². The van der Waals surface area contributed by atoms with E-state index in [-0.39, 0.29) is 36.3 Å². The molecule has 0 N–H and O–H groups in total. The first-order valence-corrected chi connectivity index (χ1v) is 24.1. The summed E-state index contributed by atoms with van der Waals surface area (Å²) in [7, 11) is 0. The molecule has 0 aliphatic carbocycles. The van der Waals surface area contributed by atoms with E-state index < -0.39 is 24.0 Å². The monoisotopic (exact) mass is 825 g/mol. The average molecular weight is 825 g/mol. The van der Waals surface area contributed by atoms with Crippen molar-refractivity contribution in [2.45, 2.75) is 246 Å². The van der Waals surface area contributed by atoms with E-state index in [9.17, 15) is 24.0 Å². The van der Waals surface area contributed by atoms with Gasteiger partial charge >= 0.3 is 29.8 Å². The van der Waals surface area contributed by atoms with Gasteiger partial charge in [0, 0.05) is 19.3 Å². The van der Waals surface area contributed by atoms with Crippen LogP contribution >= 0.6 is 0 Å². The largest absolute Gasteiger partial charge is 0.466 e. The molecule has 4 unspecified atom stereocenters. The molecule has 0 saturated heterocycles. The molecule has 0 aromatic rings. The Morgan fingerprint density at radius 1 is 0.362 bits per heavy atom. The molecule has 10 nitrogen and oxygen atoms in total. The van der Waals surface area contributed by atoms with Gasteiger partial charge in [0.2, 0.25) is 0 Å². The fourth-order valence-corrected chi connectivity index (χ4v) is 7.45. The van der Waals surface area contributed by atoms with Crippen LogP contribution in [0.3, 0.4) is 0 Å². The highest BCUT2D eigenvalue weighted by Crippen LogP contribution is 2.26. The summed E-state index contributed by atoms with van der Waals surface area (Å²) < 4.78 is 27.9. The normalized spacial score (nSPS) is 13.3. The molecular formula is C48H88O10. The van der Waals surface area contributed by atoms with Crippen LogP contribution in [0.4, 0.5) is 0 Å². The Morgan fingerprint density at radius 3 is 1.09 bits per heavy atom. The summed E-state index contributed by atoms with van der Waals surface area (Å²) in [5.74, 6) is -2.07. The molecule has 0 radical (unpaired) electrons. The van der Waals surface area contributed by atoms with Crippen molar-refractivity contribution in [2.24, 2.45) is 11.8 Å². The van der Waals surface area contributed by atoms with E-state index >= 15 is 0 Å². The Bertz CT molecular complexity index is 1030. The minimum Gasteiger partial charge on any atom is -0.466 e. The third-order valence-corrected chi connectivity index (χ3v) is 11.0. The Morgan fingerprint density at radius 2 is 0.707 bits per heavy atom. The third kappa shape index (κ3) is 30.4. The van der Waals surface area contributed by atoms with Gasteiger partial charge < -0.3 is 23.7 Å². The Kier molecular flexibility index (Phi) is 38.0. The standard InChI is InChI=1S/C48H88O10/c1-7-13-15-17-22-28-34-40(47(52)54-11-5)43(58-45(50)10-4)37-31-25-21-26-32-38-46(51)56-39-33-27-20-19-23-29-35-41(48(53)55-12-6)42(57-44(49)9-3)36-30-24-18-16-14-8-2/h40-43H,7-39H2,1-6H3. The van der Waals surface area contributed by atoms with E-state index in [2.05, 4.69) is 13.8 Å². The molecule has 0 spiro atoms. The molecule has 0 bridgehead atoms. The fourth-order valence-electron chi connectivity index (χ4n) is 7.45. The van der Waals surface area contributed by atoms with Crippen LogP contribution in [0.15, 0.2) is 0 Å². The number of esters is 5. The van der Waals surface area contributed by atoms with Gasteiger partial charge in [-0.15, -0.1) is 0 Å². The van der Waals surface area contributed by atoms with Gasteiger partial charge in [0.25, 0.3) is 0 Å². The van der Waals surface area contributed by atoms with Crippen LogP contribution in [-0.2, 0) is 47.7 Å². The summed E-state index contributed by atoms with van der Waals surface area (Å²) in [6.07, 6.45) is 26.5. The van der Waals surface area contributed by atoms with Crippen LogP contribution in [0.2, 0.25) is 0 Å². The second-order valence-electron chi connectivity index (χ2n) is 16.0. The maximum atomic E-state index is 12.9. The molecule has 4 atom stereocenters. The Balaban J connectivity index is 4.45. The Hall–Kier alpha value is -2.65. The molecule has 0 saturated carbocycles. The minimum absolute atomic E-state index is 0.150. The summed E-state index contributed by atoms with van der Waals surface area (Å²) in [5.41, 5.74) is 0. The summed E-state index contributed by atoms with van der Waals surface area (Å²) in [6, 6.07) is 0.